The number of para-hydroxylation sites is 1. The second-order valence-corrected chi connectivity index (χ2v) is 8.44. The first-order valence-corrected chi connectivity index (χ1v) is 11.2. The molecule has 10 heteroatoms. The molecule has 1 heterocycles. The molecule has 0 aliphatic rings. The van der Waals surface area contributed by atoms with Gasteiger partial charge in [-0.15, -0.1) is 10.2 Å². The smallest absolute Gasteiger partial charge is 0.234 e. The van der Waals surface area contributed by atoms with Crippen molar-refractivity contribution >= 4 is 58.2 Å². The Morgan fingerprint density at radius 2 is 1.87 bits per heavy atom. The van der Waals surface area contributed by atoms with Crippen LogP contribution in [0.2, 0.25) is 15.1 Å². The fraction of sp³-hybridized carbons (Fsp3) is 0.250. The van der Waals surface area contributed by atoms with Gasteiger partial charge in [-0.25, -0.2) is 0 Å². The van der Waals surface area contributed by atoms with Gasteiger partial charge in [0.25, 0.3) is 0 Å². The van der Waals surface area contributed by atoms with Gasteiger partial charge in [0.15, 0.2) is 11.0 Å². The third-order valence-corrected chi connectivity index (χ3v) is 6.18. The van der Waals surface area contributed by atoms with Crippen molar-refractivity contribution in [3.05, 3.63) is 62.9 Å². The van der Waals surface area contributed by atoms with Gasteiger partial charge >= 0.3 is 0 Å². The average molecular weight is 486 g/mol. The molecular formula is C20H19Cl3N4O2S. The van der Waals surface area contributed by atoms with Gasteiger partial charge in [0, 0.05) is 6.54 Å². The van der Waals surface area contributed by atoms with Gasteiger partial charge in [-0.2, -0.15) is 0 Å². The lowest BCUT2D eigenvalue weighted by Crippen LogP contribution is -2.15. The standard InChI is InChI=1S/C20H19Cl3N4O2S/c1-3-27-18(10-29-17-7-5-4-6-12(17)2)25-26-20(27)30-11-19(28)24-16-9-14(22)13(21)8-15(16)23/h4-9H,3,10-11H2,1-2H3,(H,24,28). The minimum absolute atomic E-state index is 0.132. The summed E-state index contributed by atoms with van der Waals surface area (Å²) in [5.41, 5.74) is 1.45. The summed E-state index contributed by atoms with van der Waals surface area (Å²) in [6.45, 7) is 4.92. The minimum Gasteiger partial charge on any atom is -0.485 e. The number of ether oxygens (including phenoxy) is 1. The highest BCUT2D eigenvalue weighted by Gasteiger charge is 2.15. The molecule has 30 heavy (non-hydrogen) atoms. The van der Waals surface area contributed by atoms with E-state index in [4.69, 9.17) is 39.5 Å². The van der Waals surface area contributed by atoms with Crippen LogP contribution >= 0.6 is 46.6 Å². The number of carbonyl (C=O) groups is 1. The number of benzene rings is 2. The van der Waals surface area contributed by atoms with Crippen LogP contribution in [0.1, 0.15) is 18.3 Å². The van der Waals surface area contributed by atoms with E-state index >= 15 is 0 Å². The van der Waals surface area contributed by atoms with E-state index in [1.54, 1.807) is 0 Å². The van der Waals surface area contributed by atoms with Crippen molar-refractivity contribution in [2.75, 3.05) is 11.1 Å². The molecule has 0 spiro atoms. The summed E-state index contributed by atoms with van der Waals surface area (Å²) in [6, 6.07) is 10.8. The largest absolute Gasteiger partial charge is 0.485 e. The maximum atomic E-state index is 12.3. The zero-order valence-electron chi connectivity index (χ0n) is 16.3. The van der Waals surface area contributed by atoms with Gasteiger partial charge in [0.1, 0.15) is 12.4 Å². The second kappa shape index (κ2) is 10.4. The molecule has 2 aromatic carbocycles. The van der Waals surface area contributed by atoms with E-state index in [0.717, 1.165) is 11.3 Å². The Hall–Kier alpha value is -1.93. The minimum atomic E-state index is -0.247. The van der Waals surface area contributed by atoms with E-state index in [9.17, 15) is 4.79 Å². The maximum Gasteiger partial charge on any atom is 0.234 e. The summed E-state index contributed by atoms with van der Waals surface area (Å²) in [6.07, 6.45) is 0. The molecule has 0 saturated heterocycles. The zero-order chi connectivity index (χ0) is 21.7. The lowest BCUT2D eigenvalue weighted by Gasteiger charge is -2.11. The lowest BCUT2D eigenvalue weighted by molar-refractivity contribution is -0.113. The van der Waals surface area contributed by atoms with Crippen LogP contribution in [-0.4, -0.2) is 26.4 Å². The zero-order valence-corrected chi connectivity index (χ0v) is 19.4. The number of hydrogen-bond acceptors (Lipinski definition) is 5. The molecule has 0 radical (unpaired) electrons. The number of halogens is 3. The molecule has 3 rings (SSSR count). The summed E-state index contributed by atoms with van der Waals surface area (Å²) in [5, 5.41) is 12.7. The van der Waals surface area contributed by atoms with Crippen LogP contribution in [0.25, 0.3) is 0 Å². The summed E-state index contributed by atoms with van der Waals surface area (Å²) in [4.78, 5) is 12.3. The normalized spacial score (nSPS) is 10.8. The predicted molar refractivity (Wildman–Crippen MR) is 122 cm³/mol. The Morgan fingerprint density at radius 3 is 2.60 bits per heavy atom. The highest BCUT2D eigenvalue weighted by atomic mass is 35.5. The Balaban J connectivity index is 1.61. The van der Waals surface area contributed by atoms with Crippen molar-refractivity contribution in [3.8, 4) is 5.75 Å². The van der Waals surface area contributed by atoms with Crippen molar-refractivity contribution in [1.29, 1.82) is 0 Å². The van der Waals surface area contributed by atoms with E-state index in [1.807, 2.05) is 42.7 Å². The third-order valence-electron chi connectivity index (χ3n) is 4.18. The molecular weight excluding hydrogens is 467 g/mol. The van der Waals surface area contributed by atoms with Crippen LogP contribution in [-0.2, 0) is 17.9 Å². The maximum absolute atomic E-state index is 12.3. The van der Waals surface area contributed by atoms with Gasteiger partial charge in [-0.1, -0.05) is 64.8 Å². The van der Waals surface area contributed by atoms with E-state index in [0.29, 0.717) is 38.3 Å². The Labute approximate surface area is 193 Å². The molecule has 6 nitrogen and oxygen atoms in total. The highest BCUT2D eigenvalue weighted by Crippen LogP contribution is 2.32. The quantitative estimate of drug-likeness (QED) is 0.319. The third kappa shape index (κ3) is 5.60. The van der Waals surface area contributed by atoms with E-state index in [1.165, 1.54) is 23.9 Å². The van der Waals surface area contributed by atoms with Crippen LogP contribution in [0.5, 0.6) is 5.75 Å². The number of hydrogen-bond donors (Lipinski definition) is 1. The van der Waals surface area contributed by atoms with Crippen LogP contribution < -0.4 is 10.1 Å². The van der Waals surface area contributed by atoms with Crippen molar-refractivity contribution < 1.29 is 9.53 Å². The molecule has 0 bridgehead atoms. The number of nitrogens with zero attached hydrogens (tertiary/aromatic N) is 3. The first-order valence-electron chi connectivity index (χ1n) is 9.06. The summed E-state index contributed by atoms with van der Waals surface area (Å²) in [7, 11) is 0. The molecule has 1 aromatic heterocycles. The first-order chi connectivity index (χ1) is 14.4. The topological polar surface area (TPSA) is 69.0 Å². The number of nitrogens with one attached hydrogen (secondary N) is 1. The van der Waals surface area contributed by atoms with Crippen LogP contribution in [0.4, 0.5) is 5.69 Å². The monoisotopic (exact) mass is 484 g/mol. The molecule has 0 fully saturated rings. The SMILES string of the molecule is CCn1c(COc2ccccc2C)nnc1SCC(=O)Nc1cc(Cl)c(Cl)cc1Cl. The summed E-state index contributed by atoms with van der Waals surface area (Å²) in [5.74, 6) is 1.38. The van der Waals surface area contributed by atoms with Gasteiger partial charge in [0.05, 0.1) is 26.5 Å². The molecule has 0 aliphatic heterocycles. The molecule has 3 aromatic rings. The molecule has 1 amide bonds. The lowest BCUT2D eigenvalue weighted by atomic mass is 10.2. The number of carbonyl (C=O) groups excluding carboxylic acids is 1. The Bertz CT molecular complexity index is 1060. The first kappa shape index (κ1) is 22.7. The molecule has 1 N–H and O–H groups in total. The molecule has 0 aliphatic carbocycles. The number of rotatable bonds is 8. The van der Waals surface area contributed by atoms with Gasteiger partial charge in [-0.3, -0.25) is 4.79 Å². The number of anilines is 1. The van der Waals surface area contributed by atoms with Crippen molar-refractivity contribution in [1.82, 2.24) is 14.8 Å². The van der Waals surface area contributed by atoms with Gasteiger partial charge in [0.2, 0.25) is 5.91 Å². The van der Waals surface area contributed by atoms with E-state index in [-0.39, 0.29) is 18.3 Å². The second-order valence-electron chi connectivity index (χ2n) is 6.28. The van der Waals surface area contributed by atoms with Gasteiger partial charge < -0.3 is 14.6 Å². The van der Waals surface area contributed by atoms with Crippen LogP contribution in [0, 0.1) is 6.92 Å². The highest BCUT2D eigenvalue weighted by molar-refractivity contribution is 7.99. The van der Waals surface area contributed by atoms with Crippen molar-refractivity contribution in [2.45, 2.75) is 32.2 Å². The van der Waals surface area contributed by atoms with E-state index in [2.05, 4.69) is 15.5 Å². The molecule has 0 unspecified atom stereocenters. The van der Waals surface area contributed by atoms with Gasteiger partial charge in [-0.05, 0) is 37.6 Å². The number of amides is 1. The predicted octanol–water partition coefficient (Wildman–Crippen LogP) is 5.88. The van der Waals surface area contributed by atoms with Crippen molar-refractivity contribution in [3.63, 3.8) is 0 Å². The molecule has 158 valence electrons. The Morgan fingerprint density at radius 1 is 1.13 bits per heavy atom. The molecule has 0 atom stereocenters. The number of thioether (sulfide) groups is 1. The van der Waals surface area contributed by atoms with Crippen LogP contribution in [0.15, 0.2) is 41.6 Å². The number of aryl methyl sites for hydroxylation is 1. The fourth-order valence-corrected chi connectivity index (χ4v) is 4.06. The number of aromatic nitrogens is 3. The summed E-state index contributed by atoms with van der Waals surface area (Å²) < 4.78 is 7.79. The fourth-order valence-electron chi connectivity index (χ4n) is 2.65. The average Bonchev–Trinajstić information content (AvgIpc) is 3.11. The van der Waals surface area contributed by atoms with Crippen molar-refractivity contribution in [2.24, 2.45) is 0 Å². The Kier molecular flexibility index (Phi) is 7.88. The van der Waals surface area contributed by atoms with E-state index < -0.39 is 0 Å². The molecule has 0 saturated carbocycles. The van der Waals surface area contributed by atoms with Crippen LogP contribution in [0.3, 0.4) is 0 Å². The summed E-state index contributed by atoms with van der Waals surface area (Å²) >= 11 is 19.3.